The maximum Gasteiger partial charge on any atom is 0.245 e. The van der Waals surface area contributed by atoms with E-state index in [1.54, 1.807) is 9.80 Å². The first-order chi connectivity index (χ1) is 25.7. The van der Waals surface area contributed by atoms with Crippen LogP contribution in [0, 0.1) is 5.92 Å². The monoisotopic (exact) mass is 684 g/mol. The van der Waals surface area contributed by atoms with Crippen LogP contribution in [0.25, 0.3) is 0 Å². The molecule has 6 nitrogen and oxygen atoms in total. The van der Waals surface area contributed by atoms with Crippen molar-refractivity contribution in [3.8, 4) is 0 Å². The first kappa shape index (κ1) is 34.6. The van der Waals surface area contributed by atoms with Crippen LogP contribution in [0.5, 0.6) is 0 Å². The number of hydrogen-bond donors (Lipinski definition) is 1. The van der Waals surface area contributed by atoms with E-state index in [2.05, 4.69) is 58.7 Å². The molecule has 6 aromatic rings. The van der Waals surface area contributed by atoms with Crippen molar-refractivity contribution in [2.75, 3.05) is 36.0 Å². The van der Waals surface area contributed by atoms with Gasteiger partial charge >= 0.3 is 0 Å². The molecule has 1 N–H and O–H groups in total. The van der Waals surface area contributed by atoms with Crippen LogP contribution in [-0.4, -0.2) is 48.9 Å². The van der Waals surface area contributed by atoms with Crippen LogP contribution in [0.15, 0.2) is 182 Å². The fourth-order valence-corrected chi connectivity index (χ4v) is 7.60. The van der Waals surface area contributed by atoms with E-state index in [-0.39, 0.29) is 42.8 Å². The summed E-state index contributed by atoms with van der Waals surface area (Å²) in [5, 5.41) is 3.60. The first-order valence-electron chi connectivity index (χ1n) is 18.1. The van der Waals surface area contributed by atoms with Crippen molar-refractivity contribution in [3.63, 3.8) is 0 Å². The summed E-state index contributed by atoms with van der Waals surface area (Å²) in [6.07, 6.45) is 0.932. The Kier molecular flexibility index (Phi) is 11.3. The van der Waals surface area contributed by atoms with Crippen LogP contribution in [0.2, 0.25) is 0 Å². The van der Waals surface area contributed by atoms with Crippen molar-refractivity contribution in [2.45, 2.75) is 18.4 Å². The molecule has 6 heteroatoms. The van der Waals surface area contributed by atoms with E-state index in [0.29, 0.717) is 0 Å². The average Bonchev–Trinajstić information content (AvgIpc) is 3.74. The molecule has 260 valence electrons. The maximum absolute atomic E-state index is 15.0. The molecule has 1 fully saturated rings. The molecule has 1 aliphatic heterocycles. The lowest BCUT2D eigenvalue weighted by Gasteiger charge is -2.42. The third-order valence-electron chi connectivity index (χ3n) is 9.90. The summed E-state index contributed by atoms with van der Waals surface area (Å²) >= 11 is 0. The molecule has 2 amide bonds. The van der Waals surface area contributed by atoms with Gasteiger partial charge in [-0.3, -0.25) is 24.3 Å². The highest BCUT2D eigenvalue weighted by atomic mass is 16.2. The Morgan fingerprint density at radius 1 is 0.500 bits per heavy atom. The molecule has 0 aliphatic carbocycles. The molecular weight excluding hydrogens is 641 g/mol. The Morgan fingerprint density at radius 3 is 1.13 bits per heavy atom. The maximum atomic E-state index is 15.0. The number of hydrogen-bond acceptors (Lipinski definition) is 4. The predicted octanol–water partition coefficient (Wildman–Crippen LogP) is 8.83. The second kappa shape index (κ2) is 16.9. The molecule has 1 saturated heterocycles. The van der Waals surface area contributed by atoms with Gasteiger partial charge in [-0.1, -0.05) is 133 Å². The number of carbonyl (C=O) groups is 2. The normalized spacial score (nSPS) is 14.6. The van der Waals surface area contributed by atoms with Gasteiger partial charge in [0.2, 0.25) is 11.8 Å². The Morgan fingerprint density at radius 2 is 0.827 bits per heavy atom. The standard InChI is InChI=1S/C46H44N4O2/c51-43(49(39-23-11-3-12-24-39)40-25-13-4-14-26-40)34-48(35-44(52)50(41-27-15-5-16-28-41)42-29-17-6-18-30-42)46(38-31-32-47-33-38)45(36-19-7-1-8-20-36)37-21-9-2-10-22-37/h1-30,38,45-47H,31-35H2. The van der Waals surface area contributed by atoms with Gasteiger partial charge in [-0.05, 0) is 85.1 Å². The third-order valence-corrected chi connectivity index (χ3v) is 9.90. The van der Waals surface area contributed by atoms with E-state index in [4.69, 9.17) is 0 Å². The number of nitrogens with one attached hydrogen (secondary N) is 1. The largest absolute Gasteiger partial charge is 0.316 e. The van der Waals surface area contributed by atoms with Crippen LogP contribution in [0.1, 0.15) is 23.5 Å². The van der Waals surface area contributed by atoms with Gasteiger partial charge in [-0.15, -0.1) is 0 Å². The van der Waals surface area contributed by atoms with Gasteiger partial charge < -0.3 is 5.32 Å². The molecule has 7 rings (SSSR count). The SMILES string of the molecule is O=C(CN(CC(=O)N(c1ccccc1)c1ccccc1)C(C1CCNC1)C(c1ccccc1)c1ccccc1)N(c1ccccc1)c1ccccc1. The summed E-state index contributed by atoms with van der Waals surface area (Å²) < 4.78 is 0. The van der Waals surface area contributed by atoms with Gasteiger partial charge in [-0.2, -0.15) is 0 Å². The van der Waals surface area contributed by atoms with E-state index >= 15 is 9.59 Å². The van der Waals surface area contributed by atoms with E-state index in [1.807, 2.05) is 133 Å². The van der Waals surface area contributed by atoms with Crippen molar-refractivity contribution >= 4 is 34.6 Å². The minimum Gasteiger partial charge on any atom is -0.316 e. The summed E-state index contributed by atoms with van der Waals surface area (Å²) in [6, 6.07) is 60.0. The second-order valence-corrected chi connectivity index (χ2v) is 13.2. The van der Waals surface area contributed by atoms with Crippen LogP contribution < -0.4 is 15.1 Å². The number of amides is 2. The van der Waals surface area contributed by atoms with E-state index in [9.17, 15) is 0 Å². The lowest BCUT2D eigenvalue weighted by Crippen LogP contribution is -2.53. The topological polar surface area (TPSA) is 55.9 Å². The molecule has 1 aliphatic rings. The molecule has 1 heterocycles. The van der Waals surface area contributed by atoms with Crippen LogP contribution in [0.4, 0.5) is 22.7 Å². The number of benzene rings is 6. The van der Waals surface area contributed by atoms with Crippen molar-refractivity contribution in [1.29, 1.82) is 0 Å². The van der Waals surface area contributed by atoms with Gasteiger partial charge in [0, 0.05) is 34.7 Å². The van der Waals surface area contributed by atoms with Crippen LogP contribution in [-0.2, 0) is 9.59 Å². The van der Waals surface area contributed by atoms with Crippen LogP contribution in [0.3, 0.4) is 0 Å². The van der Waals surface area contributed by atoms with Gasteiger partial charge in [0.15, 0.2) is 0 Å². The zero-order valence-corrected chi connectivity index (χ0v) is 29.2. The molecule has 0 spiro atoms. The van der Waals surface area contributed by atoms with Crippen LogP contribution >= 0.6 is 0 Å². The minimum atomic E-state index is -0.186. The number of rotatable bonds is 13. The molecule has 0 bridgehead atoms. The Balaban J connectivity index is 1.36. The number of nitrogens with zero attached hydrogens (tertiary/aromatic N) is 3. The molecule has 0 aromatic heterocycles. The van der Waals surface area contributed by atoms with Crippen molar-refractivity contribution < 1.29 is 9.59 Å². The van der Waals surface area contributed by atoms with E-state index in [1.165, 1.54) is 0 Å². The lowest BCUT2D eigenvalue weighted by molar-refractivity contribution is -0.123. The molecule has 2 unspecified atom stereocenters. The van der Waals surface area contributed by atoms with Crippen molar-refractivity contribution in [2.24, 2.45) is 5.92 Å². The molecular formula is C46H44N4O2. The van der Waals surface area contributed by atoms with Gasteiger partial charge in [-0.25, -0.2) is 0 Å². The summed E-state index contributed by atoms with van der Waals surface area (Å²) in [4.78, 5) is 35.8. The number of carbonyl (C=O) groups excluding carboxylic acids is 2. The molecule has 52 heavy (non-hydrogen) atoms. The number of anilines is 4. The van der Waals surface area contributed by atoms with E-state index in [0.717, 1.165) is 53.4 Å². The summed E-state index contributed by atoms with van der Waals surface area (Å²) in [5.41, 5.74) is 5.43. The van der Waals surface area contributed by atoms with Crippen molar-refractivity contribution in [1.82, 2.24) is 10.2 Å². The zero-order chi connectivity index (χ0) is 35.5. The lowest BCUT2D eigenvalue weighted by atomic mass is 9.77. The highest BCUT2D eigenvalue weighted by molar-refractivity contribution is 6.04. The summed E-state index contributed by atoms with van der Waals surface area (Å²) in [7, 11) is 0. The highest BCUT2D eigenvalue weighted by Gasteiger charge is 2.40. The van der Waals surface area contributed by atoms with E-state index < -0.39 is 0 Å². The van der Waals surface area contributed by atoms with Crippen molar-refractivity contribution in [3.05, 3.63) is 193 Å². The predicted molar refractivity (Wildman–Crippen MR) is 211 cm³/mol. The minimum absolute atomic E-state index is 0.0320. The number of para-hydroxylation sites is 4. The Bertz CT molecular complexity index is 1770. The molecule has 6 aromatic carbocycles. The third kappa shape index (κ3) is 8.05. The fourth-order valence-electron chi connectivity index (χ4n) is 7.60. The smallest absolute Gasteiger partial charge is 0.245 e. The van der Waals surface area contributed by atoms with Gasteiger partial charge in [0.25, 0.3) is 0 Å². The average molecular weight is 685 g/mol. The first-order valence-corrected chi connectivity index (χ1v) is 18.1. The van der Waals surface area contributed by atoms with Gasteiger partial charge in [0.1, 0.15) is 0 Å². The second-order valence-electron chi connectivity index (χ2n) is 13.2. The van der Waals surface area contributed by atoms with Gasteiger partial charge in [0.05, 0.1) is 13.1 Å². The quantitative estimate of drug-likeness (QED) is 0.132. The Labute approximate surface area is 307 Å². The summed E-state index contributed by atoms with van der Waals surface area (Å²) in [6.45, 7) is 1.74. The molecule has 2 atom stereocenters. The highest BCUT2D eigenvalue weighted by Crippen LogP contribution is 2.38. The Hall–Kier alpha value is -5.82. The fraction of sp³-hybridized carbons (Fsp3) is 0.174. The zero-order valence-electron chi connectivity index (χ0n) is 29.2. The molecule has 0 radical (unpaired) electrons. The summed E-state index contributed by atoms with van der Waals surface area (Å²) in [5.74, 6) is -0.134. The molecule has 0 saturated carbocycles.